The van der Waals surface area contributed by atoms with E-state index in [-0.39, 0.29) is 5.54 Å². The first-order valence-electron chi connectivity index (χ1n) is 7.96. The van der Waals surface area contributed by atoms with Gasteiger partial charge in [-0.15, -0.1) is 0 Å². The predicted octanol–water partition coefficient (Wildman–Crippen LogP) is 3.03. The van der Waals surface area contributed by atoms with E-state index in [9.17, 15) is 0 Å². The molecule has 1 unspecified atom stereocenters. The zero-order chi connectivity index (χ0) is 14.8. The van der Waals surface area contributed by atoms with Crippen LogP contribution in [0.3, 0.4) is 0 Å². The second-order valence-corrected chi connectivity index (χ2v) is 6.14. The lowest BCUT2D eigenvalue weighted by Crippen LogP contribution is -2.63. The Morgan fingerprint density at radius 3 is 2.50 bits per heavy atom. The molecule has 0 aliphatic carbocycles. The van der Waals surface area contributed by atoms with Gasteiger partial charge in [-0.3, -0.25) is 4.90 Å². The van der Waals surface area contributed by atoms with Crippen molar-refractivity contribution in [1.29, 1.82) is 0 Å². The van der Waals surface area contributed by atoms with Gasteiger partial charge in [-0.1, -0.05) is 25.9 Å². The molecule has 1 atom stereocenters. The fourth-order valence-corrected chi connectivity index (χ4v) is 3.28. The minimum Gasteiger partial charge on any atom is -0.361 e. The highest BCUT2D eigenvalue weighted by molar-refractivity contribution is 5.21. The summed E-state index contributed by atoms with van der Waals surface area (Å²) < 4.78 is 5.32. The average Bonchev–Trinajstić information content (AvgIpc) is 2.79. The van der Waals surface area contributed by atoms with Crippen LogP contribution in [0.5, 0.6) is 0 Å². The van der Waals surface area contributed by atoms with Crippen molar-refractivity contribution in [1.82, 2.24) is 15.4 Å². The van der Waals surface area contributed by atoms with Gasteiger partial charge in [0.1, 0.15) is 5.76 Å². The van der Waals surface area contributed by atoms with Crippen LogP contribution >= 0.6 is 0 Å². The van der Waals surface area contributed by atoms with Crippen molar-refractivity contribution in [2.45, 2.75) is 72.0 Å². The average molecular weight is 279 g/mol. The highest BCUT2D eigenvalue weighted by Crippen LogP contribution is 2.26. The number of hydrogen-bond donors (Lipinski definition) is 1. The number of hydrogen-bond acceptors (Lipinski definition) is 4. The van der Waals surface area contributed by atoms with E-state index in [1.807, 2.05) is 13.8 Å². The second kappa shape index (κ2) is 6.27. The van der Waals surface area contributed by atoms with Crippen LogP contribution in [0, 0.1) is 13.8 Å². The van der Waals surface area contributed by atoms with Gasteiger partial charge in [0.05, 0.1) is 5.69 Å². The summed E-state index contributed by atoms with van der Waals surface area (Å²) in [4.78, 5) is 2.62. The summed E-state index contributed by atoms with van der Waals surface area (Å²) in [5.74, 6) is 0.967. The Morgan fingerprint density at radius 1 is 1.30 bits per heavy atom. The van der Waals surface area contributed by atoms with E-state index in [1.54, 1.807) is 0 Å². The van der Waals surface area contributed by atoms with E-state index in [0.29, 0.717) is 6.04 Å². The fourth-order valence-electron chi connectivity index (χ4n) is 3.28. The SMILES string of the molecule is CCC1CNC(CC)(CC)CN1Cc1c(C)noc1C. The Labute approximate surface area is 122 Å². The molecule has 4 nitrogen and oxygen atoms in total. The third kappa shape index (κ3) is 2.91. The summed E-state index contributed by atoms with van der Waals surface area (Å²) in [6, 6.07) is 0.606. The van der Waals surface area contributed by atoms with Gasteiger partial charge in [0.15, 0.2) is 0 Å². The lowest BCUT2D eigenvalue weighted by atomic mass is 9.88. The Kier molecular flexibility index (Phi) is 4.86. The maximum Gasteiger partial charge on any atom is 0.138 e. The Morgan fingerprint density at radius 2 is 2.00 bits per heavy atom. The van der Waals surface area contributed by atoms with Gasteiger partial charge in [-0.25, -0.2) is 0 Å². The maximum absolute atomic E-state index is 5.32. The quantitative estimate of drug-likeness (QED) is 0.899. The Hall–Kier alpha value is -0.870. The molecular formula is C16H29N3O. The third-order valence-electron chi connectivity index (χ3n) is 5.10. The van der Waals surface area contributed by atoms with Gasteiger partial charge in [0, 0.05) is 36.8 Å². The summed E-state index contributed by atoms with van der Waals surface area (Å²) in [5, 5.41) is 7.88. The molecule has 1 N–H and O–H groups in total. The molecular weight excluding hydrogens is 250 g/mol. The molecule has 4 heteroatoms. The highest BCUT2D eigenvalue weighted by atomic mass is 16.5. The molecule has 1 aliphatic heterocycles. The molecule has 0 aromatic carbocycles. The standard InChI is InChI=1S/C16H29N3O/c1-6-14-9-17-16(7-2,8-3)11-19(14)10-15-12(4)18-20-13(15)5/h14,17H,6-11H2,1-5H3. The smallest absolute Gasteiger partial charge is 0.138 e. The van der Waals surface area contributed by atoms with Crippen LogP contribution < -0.4 is 5.32 Å². The number of piperazine rings is 1. The second-order valence-electron chi connectivity index (χ2n) is 6.14. The highest BCUT2D eigenvalue weighted by Gasteiger charge is 2.36. The van der Waals surface area contributed by atoms with Crippen LogP contribution in [0.25, 0.3) is 0 Å². The molecule has 2 heterocycles. The number of nitrogens with zero attached hydrogens (tertiary/aromatic N) is 2. The van der Waals surface area contributed by atoms with E-state index in [1.165, 1.54) is 24.8 Å². The normalized spacial score (nSPS) is 23.1. The zero-order valence-electron chi connectivity index (χ0n) is 13.6. The van der Waals surface area contributed by atoms with Crippen molar-refractivity contribution in [3.05, 3.63) is 17.0 Å². The van der Waals surface area contributed by atoms with Gasteiger partial charge in [-0.05, 0) is 33.1 Å². The van der Waals surface area contributed by atoms with E-state index in [0.717, 1.165) is 31.1 Å². The number of rotatable bonds is 5. The molecule has 2 rings (SSSR count). The van der Waals surface area contributed by atoms with E-state index < -0.39 is 0 Å². The van der Waals surface area contributed by atoms with Crippen LogP contribution in [0.1, 0.15) is 57.1 Å². The van der Waals surface area contributed by atoms with Crippen LogP contribution in [0.15, 0.2) is 4.52 Å². The van der Waals surface area contributed by atoms with Gasteiger partial charge < -0.3 is 9.84 Å². The summed E-state index contributed by atoms with van der Waals surface area (Å²) >= 11 is 0. The molecule has 0 saturated carbocycles. The fraction of sp³-hybridized carbons (Fsp3) is 0.812. The monoisotopic (exact) mass is 279 g/mol. The summed E-state index contributed by atoms with van der Waals surface area (Å²) in [7, 11) is 0. The molecule has 1 aromatic rings. The Balaban J connectivity index is 2.17. The minimum absolute atomic E-state index is 0.268. The largest absolute Gasteiger partial charge is 0.361 e. The summed E-state index contributed by atoms with van der Waals surface area (Å²) in [6.07, 6.45) is 3.54. The molecule has 20 heavy (non-hydrogen) atoms. The molecule has 114 valence electrons. The predicted molar refractivity (Wildman–Crippen MR) is 81.8 cm³/mol. The van der Waals surface area contributed by atoms with E-state index in [2.05, 4.69) is 36.1 Å². The maximum atomic E-state index is 5.32. The van der Waals surface area contributed by atoms with Gasteiger partial charge in [0.25, 0.3) is 0 Å². The lowest BCUT2D eigenvalue weighted by Gasteiger charge is -2.47. The summed E-state index contributed by atoms with van der Waals surface area (Å²) in [6.45, 7) is 14.1. The molecule has 0 spiro atoms. The van der Waals surface area contributed by atoms with Crippen molar-refractivity contribution in [3.63, 3.8) is 0 Å². The zero-order valence-corrected chi connectivity index (χ0v) is 13.6. The Bertz CT molecular complexity index is 417. The molecule has 1 aromatic heterocycles. The van der Waals surface area contributed by atoms with Gasteiger partial charge >= 0.3 is 0 Å². The molecule has 0 bridgehead atoms. The van der Waals surface area contributed by atoms with Gasteiger partial charge in [0.2, 0.25) is 0 Å². The molecule has 1 fully saturated rings. The number of aryl methyl sites for hydroxylation is 2. The van der Waals surface area contributed by atoms with Crippen molar-refractivity contribution in [2.24, 2.45) is 0 Å². The van der Waals surface area contributed by atoms with Crippen LogP contribution in [-0.2, 0) is 6.54 Å². The first kappa shape index (κ1) is 15.5. The van der Waals surface area contributed by atoms with Crippen molar-refractivity contribution < 1.29 is 4.52 Å². The topological polar surface area (TPSA) is 41.3 Å². The summed E-state index contributed by atoms with van der Waals surface area (Å²) in [5.41, 5.74) is 2.57. The van der Waals surface area contributed by atoms with Crippen LogP contribution in [-0.4, -0.2) is 34.7 Å². The first-order valence-corrected chi connectivity index (χ1v) is 7.96. The molecule has 1 aliphatic rings. The first-order chi connectivity index (χ1) is 9.55. The molecule has 0 radical (unpaired) electrons. The lowest BCUT2D eigenvalue weighted by molar-refractivity contribution is 0.0638. The van der Waals surface area contributed by atoms with Crippen molar-refractivity contribution >= 4 is 0 Å². The molecule has 0 amide bonds. The van der Waals surface area contributed by atoms with Gasteiger partial charge in [-0.2, -0.15) is 0 Å². The molecule has 1 saturated heterocycles. The number of aromatic nitrogens is 1. The van der Waals surface area contributed by atoms with Crippen molar-refractivity contribution in [2.75, 3.05) is 13.1 Å². The number of nitrogens with one attached hydrogen (secondary N) is 1. The van der Waals surface area contributed by atoms with Crippen LogP contribution in [0.4, 0.5) is 0 Å². The van der Waals surface area contributed by atoms with E-state index in [4.69, 9.17) is 4.52 Å². The van der Waals surface area contributed by atoms with Crippen LogP contribution in [0.2, 0.25) is 0 Å². The van der Waals surface area contributed by atoms with Crippen molar-refractivity contribution in [3.8, 4) is 0 Å². The van der Waals surface area contributed by atoms with E-state index >= 15 is 0 Å². The third-order valence-corrected chi connectivity index (χ3v) is 5.10. The minimum atomic E-state index is 0.268.